The van der Waals surface area contributed by atoms with Gasteiger partial charge in [-0.05, 0) is 29.6 Å². The second-order valence-corrected chi connectivity index (χ2v) is 8.18. The molecule has 0 aliphatic carbocycles. The fourth-order valence-corrected chi connectivity index (χ4v) is 4.14. The molecule has 3 nitrogen and oxygen atoms in total. The molecule has 0 N–H and O–H groups in total. The maximum atomic E-state index is 4.90. The maximum Gasteiger partial charge on any atom is 0.323 e. The molecule has 0 spiro atoms. The number of hydrogen-bond acceptors (Lipinski definition) is 2. The first-order valence-electron chi connectivity index (χ1n) is 10.0. The van der Waals surface area contributed by atoms with Crippen molar-refractivity contribution in [2.24, 2.45) is 7.05 Å². The number of rotatable bonds is 3. The van der Waals surface area contributed by atoms with Crippen LogP contribution in [0, 0.1) is 6.92 Å². The average molecular weight is 383 g/mol. The molecule has 0 radical (unpaired) electrons. The van der Waals surface area contributed by atoms with Gasteiger partial charge >= 0.3 is 5.82 Å². The minimum absolute atomic E-state index is 0.0207. The molecule has 2 heterocycles. The number of nitrogens with zero attached hydrogens (tertiary/aromatic N) is 3. The molecule has 0 saturated carbocycles. The Hall–Kier alpha value is -3.20. The van der Waals surface area contributed by atoms with Gasteiger partial charge < -0.3 is 4.90 Å². The Balaban J connectivity index is 1.69. The van der Waals surface area contributed by atoms with Gasteiger partial charge in [-0.3, -0.25) is 0 Å². The molecule has 0 atom stereocenters. The number of benzene rings is 2. The van der Waals surface area contributed by atoms with Gasteiger partial charge in [0.15, 0.2) is 5.69 Å². The van der Waals surface area contributed by atoms with Crippen LogP contribution in [0.25, 0.3) is 17.3 Å². The first-order chi connectivity index (χ1) is 13.9. The summed E-state index contributed by atoms with van der Waals surface area (Å²) in [4.78, 5) is 7.19. The molecule has 0 saturated heterocycles. The highest BCUT2D eigenvalue weighted by molar-refractivity contribution is 5.70. The zero-order valence-electron chi connectivity index (χ0n) is 17.8. The van der Waals surface area contributed by atoms with Crippen molar-refractivity contribution < 1.29 is 4.57 Å². The predicted octanol–water partition coefficient (Wildman–Crippen LogP) is 5.21. The lowest BCUT2D eigenvalue weighted by molar-refractivity contribution is -0.682. The van der Waals surface area contributed by atoms with Gasteiger partial charge in [0.2, 0.25) is 0 Å². The zero-order chi connectivity index (χ0) is 20.6. The van der Waals surface area contributed by atoms with E-state index in [1.807, 2.05) is 6.07 Å². The molecule has 3 aromatic rings. The molecule has 29 heavy (non-hydrogen) atoms. The van der Waals surface area contributed by atoms with Crippen LogP contribution in [0.5, 0.6) is 0 Å². The van der Waals surface area contributed by atoms with Gasteiger partial charge in [0.1, 0.15) is 5.69 Å². The van der Waals surface area contributed by atoms with Crippen molar-refractivity contribution in [3.05, 3.63) is 95.6 Å². The Kier molecular flexibility index (Phi) is 4.83. The second kappa shape index (κ2) is 7.32. The third kappa shape index (κ3) is 3.38. The summed E-state index contributed by atoms with van der Waals surface area (Å²) in [5.74, 6) is 0.941. The van der Waals surface area contributed by atoms with Crippen LogP contribution in [-0.4, -0.2) is 12.0 Å². The van der Waals surface area contributed by atoms with Crippen LogP contribution in [-0.2, 0) is 12.5 Å². The number of allylic oxidation sites excluding steroid dienone is 3. The van der Waals surface area contributed by atoms with Crippen molar-refractivity contribution >= 4 is 11.8 Å². The minimum Gasteiger partial charge on any atom is -0.347 e. The summed E-state index contributed by atoms with van der Waals surface area (Å²) >= 11 is 0. The van der Waals surface area contributed by atoms with Gasteiger partial charge in [0.25, 0.3) is 0 Å². The van der Waals surface area contributed by atoms with Crippen molar-refractivity contribution in [1.82, 2.24) is 4.98 Å². The fourth-order valence-electron chi connectivity index (χ4n) is 4.14. The van der Waals surface area contributed by atoms with Crippen molar-refractivity contribution in [2.75, 3.05) is 11.9 Å². The number of anilines is 1. The highest BCUT2D eigenvalue weighted by Gasteiger charge is 2.37. The van der Waals surface area contributed by atoms with Crippen molar-refractivity contribution in [3.63, 3.8) is 0 Å². The standard InChI is InChI=1S/C26H28N3/c1-19-18-22(20-12-7-6-8-13-20)27-25(28(19)4)17-11-16-24-26(2,3)21-14-9-10-15-23(21)29(24)5/h6-18H,1-5H3/q+1. The number of hydrogen-bond donors (Lipinski definition) is 0. The average Bonchev–Trinajstić information content (AvgIpc) is 2.92. The Bertz CT molecular complexity index is 1110. The number of para-hydroxylation sites is 1. The number of fused-ring (bicyclic) bond motifs is 1. The highest BCUT2D eigenvalue weighted by Crippen LogP contribution is 2.46. The largest absolute Gasteiger partial charge is 0.347 e. The first kappa shape index (κ1) is 19.1. The third-order valence-corrected chi connectivity index (χ3v) is 5.96. The summed E-state index contributed by atoms with van der Waals surface area (Å²) < 4.78 is 2.12. The van der Waals surface area contributed by atoms with E-state index in [2.05, 4.69) is 117 Å². The van der Waals surface area contributed by atoms with Gasteiger partial charge in [-0.2, -0.15) is 0 Å². The second-order valence-electron chi connectivity index (χ2n) is 8.18. The van der Waals surface area contributed by atoms with E-state index in [9.17, 15) is 0 Å². The first-order valence-corrected chi connectivity index (χ1v) is 10.0. The van der Waals surface area contributed by atoms with Gasteiger partial charge in [-0.25, -0.2) is 4.57 Å². The van der Waals surface area contributed by atoms with Crippen LogP contribution in [0.1, 0.15) is 30.9 Å². The van der Waals surface area contributed by atoms with Crippen LogP contribution in [0.15, 0.2) is 78.5 Å². The summed E-state index contributed by atoms with van der Waals surface area (Å²) in [6, 6.07) is 21.1. The quantitative estimate of drug-likeness (QED) is 0.580. The lowest BCUT2D eigenvalue weighted by atomic mass is 9.84. The maximum absolute atomic E-state index is 4.90. The Morgan fingerprint density at radius 3 is 2.41 bits per heavy atom. The number of aromatic nitrogens is 2. The Labute approximate surface area is 173 Å². The molecule has 146 valence electrons. The topological polar surface area (TPSA) is 20.0 Å². The zero-order valence-corrected chi connectivity index (χ0v) is 17.8. The Morgan fingerprint density at radius 1 is 1.00 bits per heavy atom. The molecule has 0 unspecified atom stereocenters. The van der Waals surface area contributed by atoms with E-state index in [0.29, 0.717) is 0 Å². The lowest BCUT2D eigenvalue weighted by Gasteiger charge is -2.23. The van der Waals surface area contributed by atoms with Crippen LogP contribution in [0.4, 0.5) is 5.69 Å². The minimum atomic E-state index is -0.0207. The lowest BCUT2D eigenvalue weighted by Crippen LogP contribution is -2.36. The fraction of sp³-hybridized carbons (Fsp3) is 0.231. The SMILES string of the molecule is Cc1cc(-c2ccccc2)nc(C=CC=C2N(C)c3ccccc3C2(C)C)[n+]1C. The van der Waals surface area contributed by atoms with E-state index in [4.69, 9.17) is 4.98 Å². The van der Waals surface area contributed by atoms with E-state index in [1.165, 1.54) is 22.6 Å². The van der Waals surface area contributed by atoms with Crippen molar-refractivity contribution in [3.8, 4) is 11.3 Å². The Morgan fingerprint density at radius 2 is 1.69 bits per heavy atom. The molecule has 4 rings (SSSR count). The van der Waals surface area contributed by atoms with Crippen LogP contribution in [0.2, 0.25) is 0 Å². The molecular formula is C26H28N3+. The number of aryl methyl sites for hydroxylation is 1. The molecule has 1 aromatic heterocycles. The normalized spacial score (nSPS) is 16.6. The van der Waals surface area contributed by atoms with Gasteiger partial charge in [0.05, 0.1) is 7.05 Å². The van der Waals surface area contributed by atoms with Gasteiger partial charge in [-0.15, -0.1) is 0 Å². The molecule has 1 aliphatic rings. The molecule has 1 aliphatic heterocycles. The van der Waals surface area contributed by atoms with Crippen molar-refractivity contribution in [2.45, 2.75) is 26.2 Å². The van der Waals surface area contributed by atoms with E-state index in [1.54, 1.807) is 0 Å². The molecular weight excluding hydrogens is 354 g/mol. The summed E-state index contributed by atoms with van der Waals surface area (Å²) in [5.41, 5.74) is 7.23. The van der Waals surface area contributed by atoms with Crippen LogP contribution in [0.3, 0.4) is 0 Å². The predicted molar refractivity (Wildman–Crippen MR) is 121 cm³/mol. The number of likely N-dealkylation sites (N-methyl/N-ethyl adjacent to an activating group) is 1. The highest BCUT2D eigenvalue weighted by atomic mass is 15.2. The molecule has 0 bridgehead atoms. The van der Waals surface area contributed by atoms with E-state index < -0.39 is 0 Å². The van der Waals surface area contributed by atoms with Gasteiger partial charge in [0, 0.05) is 41.6 Å². The molecule has 3 heteroatoms. The van der Waals surface area contributed by atoms with E-state index in [-0.39, 0.29) is 5.41 Å². The smallest absolute Gasteiger partial charge is 0.323 e. The molecule has 2 aromatic carbocycles. The summed E-state index contributed by atoms with van der Waals surface area (Å²) in [6.07, 6.45) is 6.43. The van der Waals surface area contributed by atoms with E-state index in [0.717, 1.165) is 17.1 Å². The summed E-state index contributed by atoms with van der Waals surface area (Å²) in [7, 11) is 4.21. The summed E-state index contributed by atoms with van der Waals surface area (Å²) in [5, 5.41) is 0. The van der Waals surface area contributed by atoms with Crippen molar-refractivity contribution in [1.29, 1.82) is 0 Å². The van der Waals surface area contributed by atoms with E-state index >= 15 is 0 Å². The molecule has 0 fully saturated rings. The van der Waals surface area contributed by atoms with Crippen LogP contribution >= 0.6 is 0 Å². The molecule has 0 amide bonds. The summed E-state index contributed by atoms with van der Waals surface area (Å²) in [6.45, 7) is 6.69. The van der Waals surface area contributed by atoms with Gasteiger partial charge in [-0.1, -0.05) is 68.5 Å². The third-order valence-electron chi connectivity index (χ3n) is 5.96. The van der Waals surface area contributed by atoms with Crippen LogP contribution < -0.4 is 9.47 Å². The monoisotopic (exact) mass is 382 g/mol.